The van der Waals surface area contributed by atoms with Crippen LogP contribution in [-0.4, -0.2) is 24.1 Å². The molecule has 58 heavy (non-hydrogen) atoms. The molecule has 12 aromatic rings. The van der Waals surface area contributed by atoms with Crippen molar-refractivity contribution < 1.29 is 0 Å². The van der Waals surface area contributed by atoms with Gasteiger partial charge in [0.15, 0.2) is 11.6 Å². The number of nitrogens with zero attached hydrogens (tertiary/aromatic N) is 6. The Balaban J connectivity index is 1.19. The molecule has 0 aliphatic rings. The second-order valence-electron chi connectivity index (χ2n) is 14.7. The number of para-hydroxylation sites is 2. The molecule has 0 saturated carbocycles. The largest absolute Gasteiger partial charge is 0.307 e. The lowest BCUT2D eigenvalue weighted by molar-refractivity contribution is 0.949. The lowest BCUT2D eigenvalue weighted by Gasteiger charge is -2.15. The van der Waals surface area contributed by atoms with E-state index in [0.717, 1.165) is 60.8 Å². The fraction of sp³-hybridized carbons (Fsp3) is 0. The molecule has 0 atom stereocenters. The quantitative estimate of drug-likeness (QED) is 0.165. The van der Waals surface area contributed by atoms with E-state index < -0.39 is 0 Å². The van der Waals surface area contributed by atoms with Crippen LogP contribution in [0.25, 0.3) is 111 Å². The molecule has 0 fully saturated rings. The van der Waals surface area contributed by atoms with E-state index in [4.69, 9.17) is 15.0 Å². The third-order valence-electron chi connectivity index (χ3n) is 11.6. The van der Waals surface area contributed by atoms with Crippen LogP contribution in [0.1, 0.15) is 5.56 Å². The molecule has 0 aliphatic heterocycles. The van der Waals surface area contributed by atoms with E-state index in [9.17, 15) is 5.26 Å². The van der Waals surface area contributed by atoms with Gasteiger partial charge in [0.05, 0.1) is 33.3 Å². The van der Waals surface area contributed by atoms with Crippen molar-refractivity contribution in [1.29, 1.82) is 5.26 Å². The first-order chi connectivity index (χ1) is 28.7. The lowest BCUT2D eigenvalue weighted by atomic mass is 9.95. The van der Waals surface area contributed by atoms with Gasteiger partial charge in [0, 0.05) is 32.7 Å². The van der Waals surface area contributed by atoms with Crippen LogP contribution in [0.4, 0.5) is 0 Å². The van der Waals surface area contributed by atoms with Crippen LogP contribution in [0.15, 0.2) is 182 Å². The van der Waals surface area contributed by atoms with E-state index in [2.05, 4.69) is 137 Å². The van der Waals surface area contributed by atoms with Gasteiger partial charge in [-0.3, -0.25) is 4.57 Å². The number of fused-ring (bicyclic) bond motifs is 6. The molecule has 268 valence electrons. The maximum Gasteiger partial charge on any atom is 0.238 e. The highest BCUT2D eigenvalue weighted by Crippen LogP contribution is 2.45. The van der Waals surface area contributed by atoms with Gasteiger partial charge in [-0.1, -0.05) is 158 Å². The Kier molecular flexibility index (Phi) is 6.89. The van der Waals surface area contributed by atoms with Crippen LogP contribution in [0.3, 0.4) is 0 Å². The van der Waals surface area contributed by atoms with Crippen molar-refractivity contribution >= 4 is 65.2 Å². The third-order valence-corrected chi connectivity index (χ3v) is 11.6. The maximum atomic E-state index is 10.7. The first kappa shape index (κ1) is 32.1. The predicted octanol–water partition coefficient (Wildman–Crippen LogP) is 12.7. The van der Waals surface area contributed by atoms with Crippen molar-refractivity contribution in [2.75, 3.05) is 0 Å². The minimum Gasteiger partial charge on any atom is -0.307 e. The third kappa shape index (κ3) is 4.62. The Morgan fingerprint density at radius 3 is 1.45 bits per heavy atom. The van der Waals surface area contributed by atoms with Crippen LogP contribution in [0.2, 0.25) is 0 Å². The van der Waals surface area contributed by atoms with Crippen molar-refractivity contribution in [3.05, 3.63) is 188 Å². The van der Waals surface area contributed by atoms with E-state index in [0.29, 0.717) is 23.2 Å². The monoisotopic (exact) mass is 738 g/mol. The van der Waals surface area contributed by atoms with Gasteiger partial charge in [-0.15, -0.1) is 0 Å². The van der Waals surface area contributed by atoms with E-state index in [-0.39, 0.29) is 0 Å². The van der Waals surface area contributed by atoms with Crippen molar-refractivity contribution in [2.45, 2.75) is 0 Å². The first-order valence-electron chi connectivity index (χ1n) is 19.4. The normalized spacial score (nSPS) is 11.8. The molecule has 0 bridgehead atoms. The number of aromatic nitrogens is 5. The molecule has 0 N–H and O–H groups in total. The summed E-state index contributed by atoms with van der Waals surface area (Å²) in [5.74, 6) is 1.52. The molecule has 0 unspecified atom stereocenters. The lowest BCUT2D eigenvalue weighted by Crippen LogP contribution is -2.08. The average Bonchev–Trinajstić information content (AvgIpc) is 3.83. The van der Waals surface area contributed by atoms with E-state index in [1.165, 1.54) is 32.3 Å². The van der Waals surface area contributed by atoms with Crippen molar-refractivity contribution in [3.8, 4) is 51.6 Å². The number of rotatable bonds is 5. The summed E-state index contributed by atoms with van der Waals surface area (Å²) in [4.78, 5) is 15.6. The van der Waals surface area contributed by atoms with Gasteiger partial charge in [0.2, 0.25) is 5.95 Å². The van der Waals surface area contributed by atoms with Gasteiger partial charge in [0.1, 0.15) is 6.07 Å². The smallest absolute Gasteiger partial charge is 0.238 e. The average molecular weight is 739 g/mol. The summed E-state index contributed by atoms with van der Waals surface area (Å²) in [6, 6.07) is 65.5. The molecular weight excluding hydrogens is 709 g/mol. The minimum absolute atomic E-state index is 0.435. The highest BCUT2D eigenvalue weighted by atomic mass is 15.2. The van der Waals surface area contributed by atoms with Crippen LogP contribution in [0.5, 0.6) is 0 Å². The number of hydrogen-bond acceptors (Lipinski definition) is 4. The zero-order chi connectivity index (χ0) is 38.3. The summed E-state index contributed by atoms with van der Waals surface area (Å²) in [7, 11) is 0. The molecule has 0 saturated heterocycles. The molecule has 6 heteroatoms. The van der Waals surface area contributed by atoms with Crippen molar-refractivity contribution in [1.82, 2.24) is 24.1 Å². The number of benzene rings is 9. The number of nitriles is 1. The van der Waals surface area contributed by atoms with Crippen LogP contribution < -0.4 is 0 Å². The Labute approximate surface area is 332 Å². The Bertz CT molecular complexity index is 3530. The summed E-state index contributed by atoms with van der Waals surface area (Å²) in [5, 5.41) is 20.0. The summed E-state index contributed by atoms with van der Waals surface area (Å²) < 4.78 is 4.48. The molecule has 3 aromatic heterocycles. The second kappa shape index (κ2) is 12.4. The van der Waals surface area contributed by atoms with Gasteiger partial charge in [-0.25, -0.2) is 4.98 Å². The van der Waals surface area contributed by atoms with Crippen LogP contribution in [-0.2, 0) is 0 Å². The van der Waals surface area contributed by atoms with Gasteiger partial charge < -0.3 is 4.57 Å². The summed E-state index contributed by atoms with van der Waals surface area (Å²) in [6.45, 7) is 0. The van der Waals surface area contributed by atoms with Crippen LogP contribution in [0, 0.1) is 11.3 Å². The molecular formula is C52H30N6. The minimum atomic E-state index is 0.435. The molecule has 9 aromatic carbocycles. The predicted molar refractivity (Wildman–Crippen MR) is 236 cm³/mol. The molecule has 6 nitrogen and oxygen atoms in total. The SMILES string of the molecule is N#Cc1cccc2c3cccc(-n4c5cccc6c7ccccc7c7cccc4c7c65)c3n(-c3nc(-c4ccccc4)nc(-c4ccc(-c5ccccc5)cc4)n3)c12. The fourth-order valence-electron chi connectivity index (χ4n) is 9.09. The van der Waals surface area contributed by atoms with Gasteiger partial charge >= 0.3 is 0 Å². The zero-order valence-corrected chi connectivity index (χ0v) is 31.0. The van der Waals surface area contributed by atoms with E-state index in [1.54, 1.807) is 0 Å². The van der Waals surface area contributed by atoms with Gasteiger partial charge in [0.25, 0.3) is 0 Å². The summed E-state index contributed by atoms with van der Waals surface area (Å²) in [5.41, 5.74) is 9.36. The van der Waals surface area contributed by atoms with Crippen molar-refractivity contribution in [3.63, 3.8) is 0 Å². The molecule has 0 aliphatic carbocycles. The summed E-state index contributed by atoms with van der Waals surface area (Å²) >= 11 is 0. The number of hydrogen-bond donors (Lipinski definition) is 0. The molecule has 3 heterocycles. The first-order valence-corrected chi connectivity index (χ1v) is 19.4. The van der Waals surface area contributed by atoms with Gasteiger partial charge in [-0.2, -0.15) is 15.2 Å². The Morgan fingerprint density at radius 1 is 0.362 bits per heavy atom. The highest BCUT2D eigenvalue weighted by Gasteiger charge is 2.25. The molecule has 0 spiro atoms. The zero-order valence-electron chi connectivity index (χ0n) is 31.0. The van der Waals surface area contributed by atoms with Crippen molar-refractivity contribution in [2.24, 2.45) is 0 Å². The Morgan fingerprint density at radius 2 is 0.828 bits per heavy atom. The Hall–Kier alpha value is -8.14. The summed E-state index contributed by atoms with van der Waals surface area (Å²) in [6.07, 6.45) is 0. The van der Waals surface area contributed by atoms with Crippen LogP contribution >= 0.6 is 0 Å². The fourth-order valence-corrected chi connectivity index (χ4v) is 9.09. The second-order valence-corrected chi connectivity index (χ2v) is 14.7. The van der Waals surface area contributed by atoms with E-state index >= 15 is 0 Å². The molecule has 12 rings (SSSR count). The highest BCUT2D eigenvalue weighted by molar-refractivity contribution is 6.34. The topological polar surface area (TPSA) is 72.3 Å². The molecule has 0 amide bonds. The molecule has 0 radical (unpaired) electrons. The standard InChI is InChI=1S/C52H30N6/c53-31-36-17-9-22-41-42-23-12-26-45(57-43-24-10-20-39-37-18-7-8-19-38(37)40-21-11-25-44(57)47(40)46(39)43)49(42)58(48(36)41)52-55-50(34-15-5-2-6-16-34)54-51(56-52)35-29-27-33(28-30-35)32-13-3-1-4-14-32/h1-30H. The van der Waals surface area contributed by atoms with E-state index in [1.807, 2.05) is 60.7 Å². The maximum absolute atomic E-state index is 10.7. The van der Waals surface area contributed by atoms with Gasteiger partial charge in [-0.05, 0) is 56.9 Å².